The van der Waals surface area contributed by atoms with Crippen LogP contribution >= 0.6 is 23.4 Å². The summed E-state index contributed by atoms with van der Waals surface area (Å²) in [7, 11) is 0. The largest absolute Gasteiger partial charge is 0.478 e. The summed E-state index contributed by atoms with van der Waals surface area (Å²) < 4.78 is 0. The number of hydrogen-bond donors (Lipinski definition) is 3. The van der Waals surface area contributed by atoms with Crippen molar-refractivity contribution in [2.45, 2.75) is 17.1 Å². The summed E-state index contributed by atoms with van der Waals surface area (Å²) in [6.07, 6.45) is 0. The van der Waals surface area contributed by atoms with Crippen LogP contribution in [0, 0.1) is 6.92 Å². The molecule has 0 fully saturated rings. The Labute approximate surface area is 223 Å². The van der Waals surface area contributed by atoms with Gasteiger partial charge < -0.3 is 15.7 Å². The van der Waals surface area contributed by atoms with E-state index in [4.69, 9.17) is 11.6 Å². The molecular weight excluding hydrogens is 508 g/mol. The zero-order valence-electron chi connectivity index (χ0n) is 19.8. The predicted molar refractivity (Wildman–Crippen MR) is 148 cm³/mol. The van der Waals surface area contributed by atoms with Gasteiger partial charge in [0.25, 0.3) is 5.91 Å². The van der Waals surface area contributed by atoms with Crippen molar-refractivity contribution in [3.63, 3.8) is 0 Å². The van der Waals surface area contributed by atoms with Gasteiger partial charge in [-0.1, -0.05) is 60.1 Å². The first kappa shape index (κ1) is 26.0. The summed E-state index contributed by atoms with van der Waals surface area (Å²) in [4.78, 5) is 38.2. The molecule has 0 aliphatic carbocycles. The number of aromatic carboxylic acids is 1. The number of rotatable bonds is 8. The molecule has 0 aliphatic heterocycles. The van der Waals surface area contributed by atoms with E-state index in [1.54, 1.807) is 24.3 Å². The fourth-order valence-corrected chi connectivity index (χ4v) is 4.88. The highest BCUT2D eigenvalue weighted by molar-refractivity contribution is 8.00. The van der Waals surface area contributed by atoms with Crippen LogP contribution in [0.5, 0.6) is 0 Å². The topological polar surface area (TPSA) is 95.5 Å². The lowest BCUT2D eigenvalue weighted by atomic mass is 10.1. The summed E-state index contributed by atoms with van der Waals surface area (Å²) >= 11 is 7.30. The van der Waals surface area contributed by atoms with Crippen LogP contribution in [0.1, 0.15) is 37.1 Å². The minimum Gasteiger partial charge on any atom is -0.478 e. The fraction of sp³-hybridized carbons (Fsp3) is 0.0690. The molecule has 0 spiro atoms. The van der Waals surface area contributed by atoms with Gasteiger partial charge in [0.2, 0.25) is 5.91 Å². The van der Waals surface area contributed by atoms with Gasteiger partial charge in [-0.3, -0.25) is 9.59 Å². The first-order valence-electron chi connectivity index (χ1n) is 11.3. The molecule has 8 heteroatoms. The molecule has 4 rings (SSSR count). The molecule has 6 nitrogen and oxygen atoms in total. The number of benzene rings is 4. The van der Waals surface area contributed by atoms with Crippen molar-refractivity contribution in [3.05, 3.63) is 124 Å². The van der Waals surface area contributed by atoms with Crippen LogP contribution in [0.25, 0.3) is 0 Å². The molecule has 0 aromatic heterocycles. The Kier molecular flexibility index (Phi) is 8.28. The number of aryl methyl sites for hydroxylation is 1. The third-order valence-electron chi connectivity index (χ3n) is 5.56. The van der Waals surface area contributed by atoms with Crippen LogP contribution in [-0.2, 0) is 4.79 Å². The van der Waals surface area contributed by atoms with Crippen molar-refractivity contribution in [1.82, 2.24) is 0 Å². The lowest BCUT2D eigenvalue weighted by Crippen LogP contribution is -2.19. The number of anilines is 2. The number of carbonyl (C=O) groups excluding carboxylic acids is 2. The summed E-state index contributed by atoms with van der Waals surface area (Å²) in [6, 6.07) is 28.3. The molecule has 37 heavy (non-hydrogen) atoms. The molecule has 3 N–H and O–H groups in total. The lowest BCUT2D eigenvalue weighted by Gasteiger charge is -2.18. The number of carboxylic acids is 1. The number of amides is 2. The maximum absolute atomic E-state index is 13.3. The zero-order valence-corrected chi connectivity index (χ0v) is 21.3. The summed E-state index contributed by atoms with van der Waals surface area (Å²) in [5, 5.41) is 14.5. The second kappa shape index (κ2) is 11.8. The highest BCUT2D eigenvalue weighted by Gasteiger charge is 2.23. The normalized spacial score (nSPS) is 11.4. The van der Waals surface area contributed by atoms with Gasteiger partial charge in [0.15, 0.2) is 0 Å². The molecule has 0 aliphatic rings. The van der Waals surface area contributed by atoms with Gasteiger partial charge in [-0.2, -0.15) is 0 Å². The molecule has 0 saturated carbocycles. The minimum absolute atomic E-state index is 0.0910. The minimum atomic E-state index is -1.18. The zero-order chi connectivity index (χ0) is 26.4. The van der Waals surface area contributed by atoms with E-state index in [2.05, 4.69) is 10.6 Å². The Morgan fingerprint density at radius 2 is 1.43 bits per heavy atom. The van der Waals surface area contributed by atoms with E-state index < -0.39 is 11.2 Å². The first-order valence-corrected chi connectivity index (χ1v) is 12.6. The number of carboxylic acid groups (broad SMARTS) is 1. The molecule has 2 amide bonds. The average Bonchev–Trinajstić information content (AvgIpc) is 2.89. The molecule has 0 radical (unpaired) electrons. The first-order chi connectivity index (χ1) is 17.8. The van der Waals surface area contributed by atoms with E-state index in [0.29, 0.717) is 16.9 Å². The van der Waals surface area contributed by atoms with Crippen LogP contribution in [0.15, 0.2) is 102 Å². The maximum atomic E-state index is 13.3. The van der Waals surface area contributed by atoms with E-state index >= 15 is 0 Å². The van der Waals surface area contributed by atoms with E-state index in [1.165, 1.54) is 23.9 Å². The molecule has 0 saturated heterocycles. The van der Waals surface area contributed by atoms with Crippen LogP contribution in [-0.4, -0.2) is 22.9 Å². The Hall–Kier alpha value is -4.07. The molecular formula is C29H23ClN2O4S. The Balaban J connectivity index is 1.51. The van der Waals surface area contributed by atoms with Crippen molar-refractivity contribution >= 4 is 52.5 Å². The van der Waals surface area contributed by atoms with Crippen molar-refractivity contribution < 1.29 is 19.5 Å². The van der Waals surface area contributed by atoms with E-state index in [0.717, 1.165) is 16.0 Å². The fourth-order valence-electron chi connectivity index (χ4n) is 3.65. The highest BCUT2D eigenvalue weighted by atomic mass is 35.5. The second-order valence-corrected chi connectivity index (χ2v) is 9.78. The van der Waals surface area contributed by atoms with Gasteiger partial charge in [-0.25, -0.2) is 4.79 Å². The molecule has 1 atom stereocenters. The third-order valence-corrected chi connectivity index (χ3v) is 7.16. The smallest absolute Gasteiger partial charge is 0.337 e. The van der Waals surface area contributed by atoms with Gasteiger partial charge in [0, 0.05) is 21.8 Å². The number of carbonyl (C=O) groups is 3. The van der Waals surface area contributed by atoms with Gasteiger partial charge in [-0.15, -0.1) is 11.8 Å². The molecule has 1 unspecified atom stereocenters. The van der Waals surface area contributed by atoms with E-state index in [1.807, 2.05) is 67.6 Å². The predicted octanol–water partition coefficient (Wildman–Crippen LogP) is 7.07. The SMILES string of the molecule is Cc1ccccc1C(=O)Nc1ccc(SC(C(=O)Nc2ccc(Cl)c(C(=O)O)c2)c2ccccc2)cc1. The van der Waals surface area contributed by atoms with Gasteiger partial charge in [0.05, 0.1) is 10.6 Å². The molecule has 0 bridgehead atoms. The lowest BCUT2D eigenvalue weighted by molar-refractivity contribution is -0.115. The number of hydrogen-bond acceptors (Lipinski definition) is 4. The van der Waals surface area contributed by atoms with Gasteiger partial charge in [-0.05, 0) is 66.6 Å². The molecule has 0 heterocycles. The monoisotopic (exact) mass is 530 g/mol. The van der Waals surface area contributed by atoms with E-state index in [9.17, 15) is 19.5 Å². The standard InChI is InChI=1S/C29H23ClN2O4S/c1-18-7-5-6-10-23(18)27(33)31-20-11-14-22(15-12-20)37-26(19-8-3-2-4-9-19)28(34)32-21-13-16-25(30)24(17-21)29(35)36/h2-17,26H,1H3,(H,31,33)(H,32,34)(H,35,36). The maximum Gasteiger partial charge on any atom is 0.337 e. The van der Waals surface area contributed by atoms with Crippen LogP contribution < -0.4 is 10.6 Å². The van der Waals surface area contributed by atoms with Gasteiger partial charge in [0.1, 0.15) is 5.25 Å². The van der Waals surface area contributed by atoms with Crippen molar-refractivity contribution in [3.8, 4) is 0 Å². The third kappa shape index (κ3) is 6.58. The number of halogens is 1. The average molecular weight is 531 g/mol. The van der Waals surface area contributed by atoms with Crippen molar-refractivity contribution in [2.75, 3.05) is 10.6 Å². The quantitative estimate of drug-likeness (QED) is 0.212. The summed E-state index contributed by atoms with van der Waals surface area (Å²) in [5.41, 5.74) is 3.17. The number of thioether (sulfide) groups is 1. The Bertz CT molecular complexity index is 1440. The Morgan fingerprint density at radius 1 is 0.784 bits per heavy atom. The van der Waals surface area contributed by atoms with Crippen LogP contribution in [0.3, 0.4) is 0 Å². The van der Waals surface area contributed by atoms with Crippen LogP contribution in [0.2, 0.25) is 5.02 Å². The molecule has 4 aromatic rings. The highest BCUT2D eigenvalue weighted by Crippen LogP contribution is 2.37. The van der Waals surface area contributed by atoms with Crippen molar-refractivity contribution in [1.29, 1.82) is 0 Å². The summed E-state index contributed by atoms with van der Waals surface area (Å²) in [5.74, 6) is -1.68. The molecule has 4 aromatic carbocycles. The Morgan fingerprint density at radius 3 is 2.11 bits per heavy atom. The van der Waals surface area contributed by atoms with Crippen LogP contribution in [0.4, 0.5) is 11.4 Å². The molecule has 186 valence electrons. The van der Waals surface area contributed by atoms with Crippen molar-refractivity contribution in [2.24, 2.45) is 0 Å². The second-order valence-electron chi connectivity index (χ2n) is 8.19. The number of nitrogens with one attached hydrogen (secondary N) is 2. The van der Waals surface area contributed by atoms with Gasteiger partial charge >= 0.3 is 5.97 Å². The summed E-state index contributed by atoms with van der Waals surface area (Å²) in [6.45, 7) is 1.88. The van der Waals surface area contributed by atoms with E-state index in [-0.39, 0.29) is 22.4 Å².